The molecule has 0 saturated heterocycles. The normalized spacial score (nSPS) is 15.4. The van der Waals surface area contributed by atoms with Gasteiger partial charge in [-0.3, -0.25) is 19.2 Å². The van der Waals surface area contributed by atoms with Crippen LogP contribution in [0.25, 0.3) is 0 Å². The lowest BCUT2D eigenvalue weighted by molar-refractivity contribution is -0.153. The van der Waals surface area contributed by atoms with Gasteiger partial charge in [0.15, 0.2) is 12.2 Å². The van der Waals surface area contributed by atoms with Crippen LogP contribution in [-0.4, -0.2) is 123 Å². The van der Waals surface area contributed by atoms with Crippen LogP contribution in [0.5, 0.6) is 0 Å². The Morgan fingerprint density at radius 3 is 0.794 bits per heavy atom. The van der Waals surface area contributed by atoms with Crippen molar-refractivity contribution in [3.8, 4) is 0 Å². The highest BCUT2D eigenvalue weighted by Gasteiger charge is 2.30. The maximum Gasteiger partial charge on any atom is 0.333 e. The van der Waals surface area contributed by atoms with E-state index in [-0.39, 0.29) is 0 Å². The predicted octanol–water partition coefficient (Wildman–Crippen LogP) is -4.87. The maximum atomic E-state index is 10.3. The molecule has 0 aromatic heterocycles. The molecule has 0 fully saturated rings. The number of aliphatic carboxylic acids is 6. The predicted molar refractivity (Wildman–Crippen MR) is 104 cm³/mol. The van der Waals surface area contributed by atoms with Crippen LogP contribution in [0, 0.1) is 0 Å². The molecule has 0 rings (SSSR count). The van der Waals surface area contributed by atoms with E-state index in [9.17, 15) is 39.0 Å². The molecule has 0 aliphatic rings. The summed E-state index contributed by atoms with van der Waals surface area (Å²) in [6.07, 6.45) is -9.33. The molecule has 0 amide bonds. The summed E-state index contributed by atoms with van der Waals surface area (Å²) in [4.78, 5) is 59.4. The minimum Gasteiger partial charge on any atom is -0.481 e. The monoisotopic (exact) mass is 504 g/mol. The van der Waals surface area contributed by atoms with Crippen LogP contribution in [0.3, 0.4) is 0 Å². The fourth-order valence-electron chi connectivity index (χ4n) is 1.66. The smallest absolute Gasteiger partial charge is 0.333 e. The standard InChI is InChI=1S/C8H16N2O6.2C4H6O5/c9-3(1-5(11)12)7(15)8(16)4(10)2-6(13)14;2*5-2(4(8)9)1-3(6)7/h3-4,7-8,15-16H,1-2,9-10H2,(H,11,12)(H,13,14);2*2,5H,1H2,(H,6,7)(H,8,9). The van der Waals surface area contributed by atoms with Gasteiger partial charge in [0.05, 0.1) is 37.9 Å². The number of hydrogen-bond donors (Lipinski definition) is 12. The molecular formula is C16H28N2O16. The van der Waals surface area contributed by atoms with Crippen molar-refractivity contribution in [1.29, 1.82) is 0 Å². The molecule has 0 spiro atoms. The van der Waals surface area contributed by atoms with Crippen molar-refractivity contribution < 1.29 is 79.8 Å². The fraction of sp³-hybridized carbons (Fsp3) is 0.625. The summed E-state index contributed by atoms with van der Waals surface area (Å²) in [6.45, 7) is 0. The zero-order valence-corrected chi connectivity index (χ0v) is 17.4. The molecule has 0 aliphatic heterocycles. The third kappa shape index (κ3) is 20.5. The Balaban J connectivity index is -0.000000457. The Morgan fingerprint density at radius 2 is 0.676 bits per heavy atom. The van der Waals surface area contributed by atoms with Gasteiger partial charge in [0, 0.05) is 12.1 Å². The molecule has 6 atom stereocenters. The third-order valence-corrected chi connectivity index (χ3v) is 3.35. The van der Waals surface area contributed by atoms with Crippen LogP contribution in [-0.2, 0) is 28.8 Å². The summed E-state index contributed by atoms with van der Waals surface area (Å²) in [5, 5.41) is 83.9. The second-order valence-corrected chi connectivity index (χ2v) is 6.41. The van der Waals surface area contributed by atoms with Crippen molar-refractivity contribution >= 4 is 35.8 Å². The summed E-state index contributed by atoms with van der Waals surface area (Å²) in [5.41, 5.74) is 10.6. The van der Waals surface area contributed by atoms with Crippen molar-refractivity contribution in [1.82, 2.24) is 0 Å². The number of aliphatic hydroxyl groups is 4. The second-order valence-electron chi connectivity index (χ2n) is 6.41. The molecule has 18 heteroatoms. The Kier molecular flexibility index (Phi) is 18.7. The van der Waals surface area contributed by atoms with E-state index in [0.29, 0.717) is 0 Å². The molecule has 34 heavy (non-hydrogen) atoms. The number of carboxylic acid groups (broad SMARTS) is 6. The lowest BCUT2D eigenvalue weighted by Gasteiger charge is -2.26. The lowest BCUT2D eigenvalue weighted by atomic mass is 9.96. The Labute approximate surface area is 190 Å². The highest BCUT2D eigenvalue weighted by Crippen LogP contribution is 2.07. The molecule has 0 aliphatic carbocycles. The summed E-state index contributed by atoms with van der Waals surface area (Å²) in [7, 11) is 0. The van der Waals surface area contributed by atoms with Gasteiger partial charge in [0.2, 0.25) is 0 Å². The minimum absolute atomic E-state index is 0.544. The number of nitrogens with two attached hydrogens (primary N) is 2. The van der Waals surface area contributed by atoms with Gasteiger partial charge in [0.25, 0.3) is 0 Å². The van der Waals surface area contributed by atoms with E-state index in [1.807, 2.05) is 0 Å². The Bertz CT molecular complexity index is 640. The average Bonchev–Trinajstić information content (AvgIpc) is 2.65. The molecule has 0 aromatic rings. The van der Waals surface area contributed by atoms with Gasteiger partial charge in [-0.25, -0.2) is 9.59 Å². The van der Waals surface area contributed by atoms with Gasteiger partial charge in [-0.15, -0.1) is 0 Å². The molecule has 0 heterocycles. The molecule has 0 radical (unpaired) electrons. The van der Waals surface area contributed by atoms with E-state index >= 15 is 0 Å². The maximum absolute atomic E-state index is 10.3. The number of rotatable bonds is 13. The Morgan fingerprint density at radius 1 is 0.471 bits per heavy atom. The summed E-state index contributed by atoms with van der Waals surface area (Å²) < 4.78 is 0. The van der Waals surface area contributed by atoms with Crippen LogP contribution >= 0.6 is 0 Å². The first-order valence-electron chi connectivity index (χ1n) is 8.89. The largest absolute Gasteiger partial charge is 0.481 e. The highest BCUT2D eigenvalue weighted by molar-refractivity contribution is 5.79. The van der Waals surface area contributed by atoms with Crippen LogP contribution in [0.1, 0.15) is 25.7 Å². The summed E-state index contributed by atoms with van der Waals surface area (Å²) >= 11 is 0. The van der Waals surface area contributed by atoms with E-state index in [4.69, 9.17) is 52.3 Å². The van der Waals surface area contributed by atoms with E-state index in [1.54, 1.807) is 0 Å². The van der Waals surface area contributed by atoms with Crippen LogP contribution in [0.15, 0.2) is 0 Å². The highest BCUT2D eigenvalue weighted by atomic mass is 16.4. The number of aliphatic hydroxyl groups excluding tert-OH is 4. The van der Waals surface area contributed by atoms with Crippen molar-refractivity contribution in [3.05, 3.63) is 0 Å². The van der Waals surface area contributed by atoms with E-state index in [2.05, 4.69) is 0 Å². The molecule has 198 valence electrons. The molecule has 18 nitrogen and oxygen atoms in total. The first-order chi connectivity index (χ1) is 15.3. The van der Waals surface area contributed by atoms with Gasteiger partial charge in [-0.1, -0.05) is 0 Å². The van der Waals surface area contributed by atoms with Gasteiger partial charge in [0.1, 0.15) is 0 Å². The van der Waals surface area contributed by atoms with Crippen LogP contribution in [0.4, 0.5) is 0 Å². The van der Waals surface area contributed by atoms with Crippen molar-refractivity contribution in [2.45, 2.75) is 62.2 Å². The summed E-state index contributed by atoms with van der Waals surface area (Å²) in [5.74, 6) is -8.15. The minimum atomic E-state index is -1.79. The topological polar surface area (TPSA) is 357 Å². The first-order valence-corrected chi connectivity index (χ1v) is 8.89. The van der Waals surface area contributed by atoms with Crippen LogP contribution in [0.2, 0.25) is 0 Å². The van der Waals surface area contributed by atoms with E-state index in [0.717, 1.165) is 0 Å². The van der Waals surface area contributed by atoms with Gasteiger partial charge >= 0.3 is 35.8 Å². The van der Waals surface area contributed by atoms with Gasteiger partial charge in [-0.2, -0.15) is 0 Å². The first kappa shape index (κ1) is 35.2. The van der Waals surface area contributed by atoms with E-state index in [1.165, 1.54) is 0 Å². The number of carbonyl (C=O) groups is 6. The molecule has 6 unspecified atom stereocenters. The zero-order chi connectivity index (χ0) is 27.8. The summed E-state index contributed by atoms with van der Waals surface area (Å²) in [6, 6.07) is -2.40. The van der Waals surface area contributed by atoms with Crippen molar-refractivity contribution in [2.75, 3.05) is 0 Å². The Hall–Kier alpha value is -3.42. The van der Waals surface area contributed by atoms with Crippen molar-refractivity contribution in [2.24, 2.45) is 11.5 Å². The van der Waals surface area contributed by atoms with Crippen LogP contribution < -0.4 is 11.5 Å². The number of hydrogen-bond acceptors (Lipinski definition) is 12. The fourth-order valence-corrected chi connectivity index (χ4v) is 1.66. The van der Waals surface area contributed by atoms with Gasteiger partial charge in [-0.05, 0) is 0 Å². The van der Waals surface area contributed by atoms with Crippen molar-refractivity contribution in [3.63, 3.8) is 0 Å². The van der Waals surface area contributed by atoms with Gasteiger partial charge < -0.3 is 62.5 Å². The SMILES string of the molecule is NC(CC(=O)O)C(O)C(O)C(N)CC(=O)O.O=C(O)CC(O)C(=O)O.O=C(O)CC(O)C(=O)O. The molecule has 0 bridgehead atoms. The average molecular weight is 504 g/mol. The molecule has 0 saturated carbocycles. The number of carboxylic acids is 6. The molecule has 0 aromatic carbocycles. The quantitative estimate of drug-likeness (QED) is 0.112. The lowest BCUT2D eigenvalue weighted by Crippen LogP contribution is -2.52. The zero-order valence-electron chi connectivity index (χ0n) is 17.4. The third-order valence-electron chi connectivity index (χ3n) is 3.35. The molecular weight excluding hydrogens is 476 g/mol. The molecule has 14 N–H and O–H groups in total. The second kappa shape index (κ2) is 18.1. The van der Waals surface area contributed by atoms with E-state index < -0.39 is 98.0 Å².